The van der Waals surface area contributed by atoms with Crippen LogP contribution in [-0.4, -0.2) is 29.9 Å². The monoisotopic (exact) mass is 178 g/mol. The molecule has 0 spiro atoms. The molecule has 1 N–H and O–H groups in total. The zero-order valence-corrected chi connectivity index (χ0v) is 9.30. The van der Waals surface area contributed by atoms with Crippen molar-refractivity contribution in [1.82, 2.24) is 0 Å². The van der Waals surface area contributed by atoms with Gasteiger partial charge in [0.25, 0.3) is 0 Å². The van der Waals surface area contributed by atoms with Gasteiger partial charge in [0.05, 0.1) is 22.0 Å². The molecule has 1 atom stereocenters. The molecule has 1 unspecified atom stereocenters. The van der Waals surface area contributed by atoms with Crippen molar-refractivity contribution in [2.75, 3.05) is 6.61 Å². The molecule has 9 heavy (non-hydrogen) atoms. The van der Waals surface area contributed by atoms with Gasteiger partial charge in [0, 0.05) is 0 Å². The van der Waals surface area contributed by atoms with Crippen LogP contribution in [0.3, 0.4) is 0 Å². The standard InChI is InChI=1S/C3H8O4S.K/c1-3(2-4)8(5,6)7;/h3-4H,2H2,1H3,(H,5,6,7);/q;+1/p-1. The molecule has 0 saturated carbocycles. The number of hydrogen-bond acceptors (Lipinski definition) is 4. The van der Waals surface area contributed by atoms with E-state index in [1.54, 1.807) is 0 Å². The smallest absolute Gasteiger partial charge is 0.748 e. The van der Waals surface area contributed by atoms with Gasteiger partial charge < -0.3 is 9.66 Å². The Morgan fingerprint density at radius 1 is 1.67 bits per heavy atom. The summed E-state index contributed by atoms with van der Waals surface area (Å²) in [6.45, 7) is 0.550. The summed E-state index contributed by atoms with van der Waals surface area (Å²) in [5.41, 5.74) is 0. The van der Waals surface area contributed by atoms with Gasteiger partial charge in [-0.2, -0.15) is 0 Å². The molecule has 50 valence electrons. The molecule has 0 amide bonds. The number of hydrogen-bond donors (Lipinski definition) is 1. The topological polar surface area (TPSA) is 77.4 Å². The predicted octanol–water partition coefficient (Wildman–Crippen LogP) is -4.08. The van der Waals surface area contributed by atoms with Crippen LogP contribution in [0.15, 0.2) is 0 Å². The average Bonchev–Trinajstić information content (AvgIpc) is 1.62. The fraction of sp³-hybridized carbons (Fsp3) is 1.00. The van der Waals surface area contributed by atoms with Gasteiger partial charge in [0.15, 0.2) is 0 Å². The molecular weight excluding hydrogens is 171 g/mol. The molecule has 0 rings (SSSR count). The SMILES string of the molecule is CC(CO)S(=O)(=O)[O-].[K+]. The molecule has 0 aromatic rings. The quantitative estimate of drug-likeness (QED) is 0.344. The molecule has 0 saturated heterocycles. The maximum atomic E-state index is 9.85. The minimum absolute atomic E-state index is 0. The Hall–Kier alpha value is 1.51. The van der Waals surface area contributed by atoms with Crippen LogP contribution >= 0.6 is 0 Å². The molecule has 0 heterocycles. The van der Waals surface area contributed by atoms with E-state index in [2.05, 4.69) is 0 Å². The van der Waals surface area contributed by atoms with Crippen molar-refractivity contribution in [3.05, 3.63) is 0 Å². The maximum Gasteiger partial charge on any atom is 1.00 e. The average molecular weight is 178 g/mol. The van der Waals surface area contributed by atoms with Crippen LogP contribution in [0, 0.1) is 0 Å². The molecule has 4 nitrogen and oxygen atoms in total. The minimum Gasteiger partial charge on any atom is -0.748 e. The van der Waals surface area contributed by atoms with Gasteiger partial charge in [0.2, 0.25) is 0 Å². The van der Waals surface area contributed by atoms with E-state index in [1.165, 1.54) is 0 Å². The maximum absolute atomic E-state index is 9.85. The number of aliphatic hydroxyl groups is 1. The van der Waals surface area contributed by atoms with Gasteiger partial charge >= 0.3 is 51.4 Å². The van der Waals surface area contributed by atoms with Gasteiger partial charge in [-0.05, 0) is 6.92 Å². The normalized spacial score (nSPS) is 14.1. The fourth-order valence-corrected chi connectivity index (χ4v) is 0.274. The first-order valence-corrected chi connectivity index (χ1v) is 3.51. The van der Waals surface area contributed by atoms with E-state index in [4.69, 9.17) is 5.11 Å². The van der Waals surface area contributed by atoms with E-state index in [9.17, 15) is 13.0 Å². The summed E-state index contributed by atoms with van der Waals surface area (Å²) in [6, 6.07) is 0. The second kappa shape index (κ2) is 5.20. The van der Waals surface area contributed by atoms with E-state index in [0.29, 0.717) is 0 Å². The summed E-state index contributed by atoms with van der Waals surface area (Å²) in [5, 5.41) is 6.91. The third-order valence-electron chi connectivity index (χ3n) is 0.750. The van der Waals surface area contributed by atoms with Crippen LogP contribution in [0.2, 0.25) is 0 Å². The molecule has 6 heteroatoms. The Labute approximate surface area is 96.8 Å². The Balaban J connectivity index is 0. The molecule has 0 aliphatic heterocycles. The van der Waals surface area contributed by atoms with Crippen molar-refractivity contribution in [1.29, 1.82) is 0 Å². The third-order valence-corrected chi connectivity index (χ3v) is 1.88. The Kier molecular flexibility index (Phi) is 7.57. The van der Waals surface area contributed by atoms with Gasteiger partial charge in [-0.25, -0.2) is 8.42 Å². The van der Waals surface area contributed by atoms with Crippen LogP contribution in [0.1, 0.15) is 6.92 Å². The summed E-state index contributed by atoms with van der Waals surface area (Å²) in [5.74, 6) is 0. The first-order valence-electron chi connectivity index (χ1n) is 2.04. The van der Waals surface area contributed by atoms with Crippen molar-refractivity contribution in [3.8, 4) is 0 Å². The van der Waals surface area contributed by atoms with Gasteiger partial charge in [-0.1, -0.05) is 0 Å². The van der Waals surface area contributed by atoms with Crippen molar-refractivity contribution < 1.29 is 69.5 Å². The predicted molar refractivity (Wildman–Crippen MR) is 26.2 cm³/mol. The number of rotatable bonds is 2. The van der Waals surface area contributed by atoms with Gasteiger partial charge in [-0.3, -0.25) is 0 Å². The van der Waals surface area contributed by atoms with Crippen LogP contribution in [-0.2, 0) is 10.1 Å². The molecule has 0 aromatic heterocycles. The summed E-state index contributed by atoms with van der Waals surface area (Å²) < 4.78 is 29.5. The minimum atomic E-state index is -4.25. The molecule has 0 aromatic carbocycles. The Morgan fingerprint density at radius 2 is 2.00 bits per heavy atom. The van der Waals surface area contributed by atoms with Gasteiger partial charge in [-0.15, -0.1) is 0 Å². The van der Waals surface area contributed by atoms with Crippen LogP contribution < -0.4 is 51.4 Å². The van der Waals surface area contributed by atoms with Crippen molar-refractivity contribution in [2.45, 2.75) is 12.2 Å². The van der Waals surface area contributed by atoms with E-state index >= 15 is 0 Å². The molecule has 0 aliphatic carbocycles. The third kappa shape index (κ3) is 5.93. The fourth-order valence-electron chi connectivity index (χ4n) is 0.0913. The second-order valence-electron chi connectivity index (χ2n) is 1.49. The van der Waals surface area contributed by atoms with Crippen molar-refractivity contribution in [3.63, 3.8) is 0 Å². The molecule has 0 radical (unpaired) electrons. The van der Waals surface area contributed by atoms with E-state index in [0.717, 1.165) is 6.92 Å². The Bertz CT molecular complexity index is 151. The molecule has 0 bridgehead atoms. The number of aliphatic hydroxyl groups excluding tert-OH is 1. The zero-order valence-electron chi connectivity index (χ0n) is 5.36. The summed E-state index contributed by atoms with van der Waals surface area (Å²) in [6.07, 6.45) is 0. The van der Waals surface area contributed by atoms with Crippen LogP contribution in [0.25, 0.3) is 0 Å². The second-order valence-corrected chi connectivity index (χ2v) is 3.28. The van der Waals surface area contributed by atoms with Gasteiger partial charge in [0.1, 0.15) is 0 Å². The van der Waals surface area contributed by atoms with E-state index < -0.39 is 22.0 Å². The van der Waals surface area contributed by atoms with E-state index in [-0.39, 0.29) is 51.4 Å². The Morgan fingerprint density at radius 3 is 2.00 bits per heavy atom. The first kappa shape index (κ1) is 13.1. The van der Waals surface area contributed by atoms with Crippen molar-refractivity contribution in [2.24, 2.45) is 0 Å². The summed E-state index contributed by atoms with van der Waals surface area (Å²) in [4.78, 5) is 0. The summed E-state index contributed by atoms with van der Waals surface area (Å²) >= 11 is 0. The largest absolute Gasteiger partial charge is 1.00 e. The molecule has 0 aliphatic rings. The van der Waals surface area contributed by atoms with Crippen molar-refractivity contribution >= 4 is 10.1 Å². The van der Waals surface area contributed by atoms with Crippen LogP contribution in [0.4, 0.5) is 0 Å². The zero-order chi connectivity index (χ0) is 6.78. The first-order chi connectivity index (χ1) is 3.48. The molecular formula is C3H7KO4S. The molecule has 0 fully saturated rings. The van der Waals surface area contributed by atoms with Crippen LogP contribution in [0.5, 0.6) is 0 Å². The van der Waals surface area contributed by atoms with E-state index in [1.807, 2.05) is 0 Å². The summed E-state index contributed by atoms with van der Waals surface area (Å²) in [7, 11) is -4.25.